The second kappa shape index (κ2) is 15.4. The van der Waals surface area contributed by atoms with Gasteiger partial charge in [-0.25, -0.2) is 5.43 Å². The van der Waals surface area contributed by atoms with Crippen molar-refractivity contribution in [3.8, 4) is 5.75 Å². The van der Waals surface area contributed by atoms with E-state index in [0.717, 1.165) is 28.3 Å². The van der Waals surface area contributed by atoms with Crippen molar-refractivity contribution in [1.82, 2.24) is 10.3 Å². The molecule has 0 aliphatic carbocycles. The quantitative estimate of drug-likeness (QED) is 0.124. The van der Waals surface area contributed by atoms with Gasteiger partial charge in [0.15, 0.2) is 0 Å². The van der Waals surface area contributed by atoms with Gasteiger partial charge in [0, 0.05) is 31.6 Å². The number of Topliss-reactive ketones (excluding diaryl/α,β-unsaturated/α-hetero) is 1. The minimum atomic E-state index is -0.549. The van der Waals surface area contributed by atoms with Crippen LogP contribution in [0.3, 0.4) is 0 Å². The van der Waals surface area contributed by atoms with Gasteiger partial charge in [0.05, 0.1) is 11.5 Å². The predicted octanol–water partition coefficient (Wildman–Crippen LogP) is 7.04. The third-order valence-corrected chi connectivity index (χ3v) is 7.49. The number of rotatable bonds is 14. The number of amides is 2. The number of nitrogens with one attached hydrogen (secondary N) is 1. The largest absolute Gasteiger partial charge is 0.507 e. The summed E-state index contributed by atoms with van der Waals surface area (Å²) in [5, 5.41) is 16.5. The smallest absolute Gasteiger partial charge is 0.275 e. The molecule has 0 aliphatic heterocycles. The number of hydrogen-bond donors (Lipinski definition) is 2. The number of benzene rings is 4. The predicted molar refractivity (Wildman–Crippen MR) is 171 cm³/mol. The number of fused-ring (bicyclic) bond motifs is 1. The Hall–Kier alpha value is -4.78. The van der Waals surface area contributed by atoms with Crippen molar-refractivity contribution in [2.45, 2.75) is 59.0 Å². The number of phenols is 1. The monoisotopic (exact) mass is 577 g/mol. The lowest BCUT2D eigenvalue weighted by molar-refractivity contribution is -0.134. The molecule has 0 aliphatic rings. The normalized spacial score (nSPS) is 12.1. The first-order valence-corrected chi connectivity index (χ1v) is 14.9. The molecular formula is C36H39N3O4. The molecule has 0 heterocycles. The Balaban J connectivity index is 1.44. The van der Waals surface area contributed by atoms with Crippen molar-refractivity contribution in [2.24, 2.45) is 11.0 Å². The van der Waals surface area contributed by atoms with Gasteiger partial charge in [0.25, 0.3) is 5.91 Å². The van der Waals surface area contributed by atoms with E-state index in [1.54, 1.807) is 17.0 Å². The van der Waals surface area contributed by atoms with Crippen LogP contribution < -0.4 is 5.43 Å². The fraction of sp³-hybridized carbons (Fsp3) is 0.278. The minimum absolute atomic E-state index is 0.0785. The molecule has 0 fully saturated rings. The molecule has 7 heteroatoms. The zero-order valence-corrected chi connectivity index (χ0v) is 24.8. The van der Waals surface area contributed by atoms with E-state index in [4.69, 9.17) is 0 Å². The number of hydrazone groups is 1. The molecule has 0 bridgehead atoms. The summed E-state index contributed by atoms with van der Waals surface area (Å²) in [4.78, 5) is 41.6. The Morgan fingerprint density at radius 1 is 0.767 bits per heavy atom. The molecule has 43 heavy (non-hydrogen) atoms. The van der Waals surface area contributed by atoms with E-state index in [1.165, 1.54) is 0 Å². The average Bonchev–Trinajstić information content (AvgIpc) is 3.03. The number of ketones is 1. The van der Waals surface area contributed by atoms with Crippen LogP contribution in [0.4, 0.5) is 0 Å². The standard InChI is InChI=1S/C36H39N3O4/c1-3-13-32(37-38-36(43)31-22-28-18-11-12-19-29(28)23-34(31)41)30(4-2)33(40)20-21-35(42)39(24-26-14-7-5-8-15-26)25-27-16-9-6-10-17-27/h5-12,14-19,22-23,30,41H,3-4,13,20-21,24-25H2,1-2H3,(H,38,43). The van der Waals surface area contributed by atoms with E-state index in [2.05, 4.69) is 10.5 Å². The summed E-state index contributed by atoms with van der Waals surface area (Å²) in [6, 6.07) is 30.3. The topological polar surface area (TPSA) is 99.1 Å². The van der Waals surface area contributed by atoms with Crippen molar-refractivity contribution in [3.63, 3.8) is 0 Å². The summed E-state index contributed by atoms with van der Waals surface area (Å²) < 4.78 is 0. The Labute approximate surface area is 253 Å². The molecule has 222 valence electrons. The molecule has 0 saturated carbocycles. The zero-order chi connectivity index (χ0) is 30.6. The summed E-state index contributed by atoms with van der Waals surface area (Å²) in [6.07, 6.45) is 1.93. The van der Waals surface area contributed by atoms with E-state index in [9.17, 15) is 19.5 Å². The maximum absolute atomic E-state index is 13.4. The molecule has 0 saturated heterocycles. The third-order valence-electron chi connectivity index (χ3n) is 7.49. The molecule has 0 spiro atoms. The van der Waals surface area contributed by atoms with Crippen LogP contribution in [0.15, 0.2) is 102 Å². The Morgan fingerprint density at radius 3 is 1.88 bits per heavy atom. The second-order valence-electron chi connectivity index (χ2n) is 10.7. The van der Waals surface area contributed by atoms with Gasteiger partial charge >= 0.3 is 0 Å². The number of nitrogens with zero attached hydrogens (tertiary/aromatic N) is 2. The molecule has 1 atom stereocenters. The molecule has 2 amide bonds. The van der Waals surface area contributed by atoms with Gasteiger partial charge in [-0.05, 0) is 46.9 Å². The first-order chi connectivity index (χ1) is 20.9. The van der Waals surface area contributed by atoms with Crippen LogP contribution in [0.5, 0.6) is 5.75 Å². The van der Waals surface area contributed by atoms with Gasteiger partial charge in [-0.15, -0.1) is 0 Å². The van der Waals surface area contributed by atoms with Crippen molar-refractivity contribution in [1.29, 1.82) is 0 Å². The van der Waals surface area contributed by atoms with Crippen molar-refractivity contribution in [3.05, 3.63) is 114 Å². The summed E-state index contributed by atoms with van der Waals surface area (Å²) in [7, 11) is 0. The van der Waals surface area contributed by atoms with Crippen LogP contribution in [-0.2, 0) is 22.7 Å². The summed E-state index contributed by atoms with van der Waals surface area (Å²) in [6.45, 7) is 4.80. The molecular weight excluding hydrogens is 538 g/mol. The maximum Gasteiger partial charge on any atom is 0.275 e. The summed E-state index contributed by atoms with van der Waals surface area (Å²) in [5.41, 5.74) is 5.29. The van der Waals surface area contributed by atoms with Crippen LogP contribution in [0.1, 0.15) is 67.4 Å². The fourth-order valence-corrected chi connectivity index (χ4v) is 5.21. The van der Waals surface area contributed by atoms with Crippen molar-refractivity contribution < 1.29 is 19.5 Å². The highest BCUT2D eigenvalue weighted by molar-refractivity contribution is 6.07. The molecule has 4 aromatic rings. The molecule has 7 nitrogen and oxygen atoms in total. The number of carbonyl (C=O) groups excluding carboxylic acids is 3. The van der Waals surface area contributed by atoms with Crippen molar-refractivity contribution in [2.75, 3.05) is 0 Å². The van der Waals surface area contributed by atoms with Gasteiger partial charge in [-0.2, -0.15) is 5.10 Å². The molecule has 0 aromatic heterocycles. The highest BCUT2D eigenvalue weighted by Crippen LogP contribution is 2.25. The van der Waals surface area contributed by atoms with E-state index < -0.39 is 11.8 Å². The van der Waals surface area contributed by atoms with Crippen LogP contribution >= 0.6 is 0 Å². The van der Waals surface area contributed by atoms with E-state index >= 15 is 0 Å². The van der Waals surface area contributed by atoms with E-state index in [1.807, 2.05) is 98.8 Å². The third kappa shape index (κ3) is 8.61. The SMILES string of the molecule is CCCC(=NNC(=O)c1cc2ccccc2cc1O)C(CC)C(=O)CCC(=O)N(Cc1ccccc1)Cc1ccccc1. The highest BCUT2D eigenvalue weighted by Gasteiger charge is 2.25. The summed E-state index contributed by atoms with van der Waals surface area (Å²) >= 11 is 0. The number of phenolic OH excluding ortho intramolecular Hbond substituents is 1. The Kier molecular flexibility index (Phi) is 11.2. The minimum Gasteiger partial charge on any atom is -0.507 e. The van der Waals surface area contributed by atoms with Gasteiger partial charge in [-0.1, -0.05) is 105 Å². The number of carbonyl (C=O) groups is 3. The van der Waals surface area contributed by atoms with Crippen LogP contribution in [0, 0.1) is 5.92 Å². The number of hydrogen-bond acceptors (Lipinski definition) is 5. The lowest BCUT2D eigenvalue weighted by Crippen LogP contribution is -2.32. The first-order valence-electron chi connectivity index (χ1n) is 14.9. The number of aromatic hydroxyl groups is 1. The Morgan fingerprint density at radius 2 is 1.33 bits per heavy atom. The van der Waals surface area contributed by atoms with Gasteiger partial charge in [0.2, 0.25) is 5.91 Å². The first kappa shape index (κ1) is 31.2. The Bertz CT molecular complexity index is 1530. The van der Waals surface area contributed by atoms with Gasteiger partial charge < -0.3 is 10.0 Å². The maximum atomic E-state index is 13.4. The highest BCUT2D eigenvalue weighted by atomic mass is 16.3. The molecule has 2 N–H and O–H groups in total. The van der Waals surface area contributed by atoms with Crippen molar-refractivity contribution >= 4 is 34.1 Å². The summed E-state index contributed by atoms with van der Waals surface area (Å²) in [5.74, 6) is -1.38. The molecule has 4 aromatic carbocycles. The zero-order valence-electron chi connectivity index (χ0n) is 24.8. The lowest BCUT2D eigenvalue weighted by atomic mass is 9.90. The van der Waals surface area contributed by atoms with Gasteiger partial charge in [0.1, 0.15) is 11.5 Å². The average molecular weight is 578 g/mol. The lowest BCUT2D eigenvalue weighted by Gasteiger charge is -2.24. The molecule has 4 rings (SSSR count). The van der Waals surface area contributed by atoms with Crippen LogP contribution in [0.25, 0.3) is 10.8 Å². The van der Waals surface area contributed by atoms with Crippen LogP contribution in [-0.4, -0.2) is 33.3 Å². The van der Waals surface area contributed by atoms with Crippen LogP contribution in [0.2, 0.25) is 0 Å². The molecule has 1 unspecified atom stereocenters. The van der Waals surface area contributed by atoms with E-state index in [-0.39, 0.29) is 35.8 Å². The van der Waals surface area contributed by atoms with E-state index in [0.29, 0.717) is 31.6 Å². The van der Waals surface area contributed by atoms with Gasteiger partial charge in [-0.3, -0.25) is 14.4 Å². The fourth-order valence-electron chi connectivity index (χ4n) is 5.21. The molecule has 0 radical (unpaired) electrons. The second-order valence-corrected chi connectivity index (χ2v) is 10.7.